The van der Waals surface area contributed by atoms with E-state index >= 15 is 0 Å². The van der Waals surface area contributed by atoms with Crippen LogP contribution in [0.4, 0.5) is 17.1 Å². The Kier molecular flexibility index (Phi) is 19.5. The van der Waals surface area contributed by atoms with Gasteiger partial charge >= 0.3 is 45.9 Å². The van der Waals surface area contributed by atoms with Gasteiger partial charge in [-0.2, -0.15) is 0 Å². The van der Waals surface area contributed by atoms with Crippen LogP contribution in [0, 0.1) is 39.9 Å². The Bertz CT molecular complexity index is 2610. The molecule has 1 fully saturated rings. The van der Waals surface area contributed by atoms with Crippen molar-refractivity contribution in [1.82, 2.24) is 24.1 Å². The first-order chi connectivity index (χ1) is 32.6. The molecule has 1 atom stereocenters. The van der Waals surface area contributed by atoms with E-state index in [9.17, 15) is 49.5 Å². The van der Waals surface area contributed by atoms with Crippen LogP contribution in [0.15, 0.2) is 95.0 Å². The van der Waals surface area contributed by atoms with Crippen molar-refractivity contribution >= 4 is 75.5 Å². The first kappa shape index (κ1) is 55.4. The molecule has 371 valence electrons. The number of fused-ring (bicyclic) bond motifs is 2. The fraction of sp³-hybridized carbons (Fsp3) is 0.367. The summed E-state index contributed by atoms with van der Waals surface area (Å²) >= 11 is 5.61. The largest absolute Gasteiger partial charge is 3.00 e. The Hall–Kier alpha value is -5.49. The predicted molar refractivity (Wildman–Crippen MR) is 256 cm³/mol. The Morgan fingerprint density at radius 2 is 1.30 bits per heavy atom. The average molecular weight is 1120 g/mol. The maximum absolute atomic E-state index is 13.0. The van der Waals surface area contributed by atoms with E-state index in [1.807, 2.05) is 76.5 Å². The van der Waals surface area contributed by atoms with Gasteiger partial charge in [0, 0.05) is 132 Å². The summed E-state index contributed by atoms with van der Waals surface area (Å²) in [6.07, 6.45) is 5.09. The molecule has 1 radical (unpaired) electrons. The zero-order chi connectivity index (χ0) is 50.2. The number of rotatable bonds is 14. The third-order valence-corrected chi connectivity index (χ3v) is 12.1. The number of hydrogen-bond acceptors (Lipinski definition) is 16. The van der Waals surface area contributed by atoms with Gasteiger partial charge in [0.15, 0.2) is 5.11 Å². The first-order valence-electron chi connectivity index (χ1n) is 22.2. The predicted octanol–water partition coefficient (Wildman–Crippen LogP) is -1.59. The monoisotopic (exact) mass is 1120 g/mol. The molecule has 2 heterocycles. The second-order valence-corrected chi connectivity index (χ2v) is 18.5. The van der Waals surface area contributed by atoms with Gasteiger partial charge < -0.3 is 59.7 Å². The number of carbonyl (C=O) groups is 5. The summed E-state index contributed by atoms with van der Waals surface area (Å²) in [5.74, 6) is -5.47. The zero-order valence-electron chi connectivity index (χ0n) is 39.5. The maximum atomic E-state index is 13.0. The summed E-state index contributed by atoms with van der Waals surface area (Å²) in [7, 11) is 10.0. The van der Waals surface area contributed by atoms with Crippen LogP contribution in [-0.4, -0.2) is 179 Å². The molecular formula is C49H55GdN8O11S. The van der Waals surface area contributed by atoms with E-state index < -0.39 is 62.1 Å². The number of ether oxygens (including phenoxy) is 1. The van der Waals surface area contributed by atoms with Crippen LogP contribution in [0.2, 0.25) is 0 Å². The number of benzene rings is 3. The summed E-state index contributed by atoms with van der Waals surface area (Å²) in [4.78, 5) is 72.8. The van der Waals surface area contributed by atoms with Crippen LogP contribution in [0.3, 0.4) is 0 Å². The summed E-state index contributed by atoms with van der Waals surface area (Å²) in [6, 6.07) is 18.1. The van der Waals surface area contributed by atoms with E-state index in [-0.39, 0.29) is 103 Å². The molecule has 0 bridgehead atoms. The van der Waals surface area contributed by atoms with Gasteiger partial charge in [-0.15, -0.1) is 0 Å². The zero-order valence-corrected chi connectivity index (χ0v) is 42.6. The molecule has 3 aliphatic rings. The van der Waals surface area contributed by atoms with E-state index in [2.05, 4.69) is 10.3 Å². The number of aliphatic carboxylic acids is 5. The second-order valence-electron chi connectivity index (χ2n) is 18.1. The number of anilines is 2. The van der Waals surface area contributed by atoms with Gasteiger partial charge in [0.1, 0.15) is 17.2 Å². The molecule has 1 saturated heterocycles. The van der Waals surface area contributed by atoms with E-state index in [1.165, 1.54) is 15.9 Å². The maximum Gasteiger partial charge on any atom is 3.00 e. The second kappa shape index (κ2) is 24.6. The van der Waals surface area contributed by atoms with Crippen molar-refractivity contribution in [2.45, 2.75) is 12.5 Å². The number of carboxylic acid groups (broad SMARTS) is 5. The summed E-state index contributed by atoms with van der Waals surface area (Å²) in [6.45, 7) is -1.46. The van der Waals surface area contributed by atoms with Crippen molar-refractivity contribution < 1.29 is 94.2 Å². The van der Waals surface area contributed by atoms with E-state index in [1.54, 1.807) is 46.2 Å². The normalized spacial score (nSPS) is 19.0. The molecule has 0 spiro atoms. The number of hydrogen-bond donors (Lipinski definition) is 2. The van der Waals surface area contributed by atoms with Crippen LogP contribution in [0.25, 0.3) is 5.57 Å². The van der Waals surface area contributed by atoms with Gasteiger partial charge in [-0.05, 0) is 78.3 Å². The Morgan fingerprint density at radius 1 is 0.757 bits per heavy atom. The molecule has 6 rings (SSSR count). The standard InChI is InChI=1S/C49H58N8O11S.Gd/c1-52(2)34-11-14-38-41(24-34)68-42-25-36(57(3,4)5)12-15-39(42)47(38)37-13-10-33(23-40(37)48(66)67)51-49(69)50-32-8-6-31(7-9-32)22-35-26-55(29-45(62)63)19-18-53(27-43(58)59)16-17-54(28-44(60)61)20-21-56(35)30-46(64)65;/h6-15,23-25,35H,16-22,26-30H2,1-5H3,(H5-,50,58,59,60,61,62,63,64,65,66,67,69);/q;+3/p-3/b47-37+,51-33-;. The van der Waals surface area contributed by atoms with Crippen molar-refractivity contribution in [2.75, 3.05) is 117 Å². The first-order valence-corrected chi connectivity index (χ1v) is 22.6. The van der Waals surface area contributed by atoms with Gasteiger partial charge in [0.2, 0.25) is 0 Å². The molecule has 1 aliphatic carbocycles. The van der Waals surface area contributed by atoms with Crippen molar-refractivity contribution in [1.29, 1.82) is 0 Å². The molecule has 3 aromatic rings. The molecule has 21 heteroatoms. The molecule has 19 nitrogen and oxygen atoms in total. The molecule has 0 saturated carbocycles. The summed E-state index contributed by atoms with van der Waals surface area (Å²) in [5, 5.41) is 60.8. The van der Waals surface area contributed by atoms with E-state index in [4.69, 9.17) is 17.0 Å². The van der Waals surface area contributed by atoms with Crippen molar-refractivity contribution in [3.63, 3.8) is 0 Å². The van der Waals surface area contributed by atoms with Crippen LogP contribution >= 0.6 is 12.2 Å². The number of carboxylic acids is 5. The minimum atomic E-state index is -1.39. The van der Waals surface area contributed by atoms with Crippen LogP contribution < -0.4 is 39.9 Å². The molecular weight excluding hydrogens is 1070 g/mol. The van der Waals surface area contributed by atoms with Crippen LogP contribution in [0.5, 0.6) is 11.5 Å². The van der Waals surface area contributed by atoms with Gasteiger partial charge in [0.25, 0.3) is 0 Å². The summed E-state index contributed by atoms with van der Waals surface area (Å²) < 4.78 is 7.03. The Balaban J connectivity index is 0.00000913. The van der Waals surface area contributed by atoms with Crippen LogP contribution in [-0.2, 0) is 30.4 Å². The minimum Gasteiger partial charge on any atom is -0.549 e. The Labute approximate surface area is 443 Å². The van der Waals surface area contributed by atoms with Gasteiger partial charge in [-0.1, -0.05) is 18.2 Å². The van der Waals surface area contributed by atoms with E-state index in [0.717, 1.165) is 28.1 Å². The molecule has 2 N–H and O–H groups in total. The molecule has 70 heavy (non-hydrogen) atoms. The van der Waals surface area contributed by atoms with Crippen LogP contribution in [0.1, 0.15) is 16.7 Å². The number of nitrogens with one attached hydrogen (secondary N) is 1. The van der Waals surface area contributed by atoms with Gasteiger partial charge in [-0.3, -0.25) is 24.1 Å². The number of aliphatic imine (C=N–C) groups is 1. The quantitative estimate of drug-likeness (QED) is 0.107. The third kappa shape index (κ3) is 15.3. The van der Waals surface area contributed by atoms with E-state index in [0.29, 0.717) is 38.5 Å². The number of nitrogens with zero attached hydrogens (tertiary/aromatic N) is 7. The van der Waals surface area contributed by atoms with Crippen molar-refractivity contribution in [3.8, 4) is 11.5 Å². The smallest absolute Gasteiger partial charge is 0.549 e. The average Bonchev–Trinajstić information content (AvgIpc) is 3.26. The number of thiocarbonyl (C=S) groups is 1. The molecule has 0 amide bonds. The fourth-order valence-electron chi connectivity index (χ4n) is 8.44. The fourth-order valence-corrected chi connectivity index (χ4v) is 8.66. The molecule has 3 aromatic carbocycles. The number of carbonyl (C=O) groups excluding carboxylic acids is 4. The van der Waals surface area contributed by atoms with Crippen molar-refractivity contribution in [2.24, 2.45) is 4.99 Å². The van der Waals surface area contributed by atoms with Crippen molar-refractivity contribution in [3.05, 3.63) is 107 Å². The topological polar surface area (TPSA) is 248 Å². The number of allylic oxidation sites excluding steroid dienone is 3. The molecule has 0 aromatic heterocycles. The van der Waals surface area contributed by atoms with Gasteiger partial charge in [-0.25, -0.2) is 9.79 Å². The third-order valence-electron chi connectivity index (χ3n) is 11.9. The molecule has 2 aliphatic heterocycles. The van der Waals surface area contributed by atoms with Gasteiger partial charge in [0.05, 0.1) is 56.3 Å². The summed E-state index contributed by atoms with van der Waals surface area (Å²) in [5.41, 5.74) is 6.09. The SMILES string of the molecule is CN(C)c1ccc2c(c1)Oc1cc([N+](C)(C)C)ccc1/C2=C1C=C/C(=N/C(=S)Nc2ccc(CC3CN(CC(=O)[O-])CCN(CC(=O)[O-])CCN(CC(=O)[O-])CCN3CC(=O)[O-])cc2)C=C\1C(=O)O.[Gd+3]. The number of quaternary nitrogens is 1. The Morgan fingerprint density at radius 3 is 1.86 bits per heavy atom. The minimum absolute atomic E-state index is 0. The molecule has 1 unspecified atom stereocenters.